The Balaban J connectivity index is 3.82. The van der Waals surface area contributed by atoms with Gasteiger partial charge >= 0.3 is 6.18 Å². The number of benzene rings is 1. The van der Waals surface area contributed by atoms with Gasteiger partial charge in [-0.05, 0) is 11.6 Å². The molecule has 0 bridgehead atoms. The lowest BCUT2D eigenvalue weighted by Crippen LogP contribution is -2.14. The second-order valence-electron chi connectivity index (χ2n) is 3.15. The summed E-state index contributed by atoms with van der Waals surface area (Å²) in [6.45, 7) is 0. The highest BCUT2D eigenvalue weighted by Crippen LogP contribution is 2.38. The fourth-order valence-electron chi connectivity index (χ4n) is 1.38. The van der Waals surface area contributed by atoms with E-state index in [1.165, 1.54) is 6.07 Å². The third kappa shape index (κ3) is 2.88. The van der Waals surface area contributed by atoms with Crippen LogP contribution >= 0.6 is 22.3 Å². The average Bonchev–Trinajstić information content (AvgIpc) is 2.24. The molecule has 98 valence electrons. The predicted octanol–water partition coefficient (Wildman–Crippen LogP) is 3.24. The van der Waals surface area contributed by atoms with Crippen LogP contribution in [0.4, 0.5) is 13.2 Å². The van der Waals surface area contributed by atoms with Crippen LogP contribution in [0, 0.1) is 11.3 Å². The van der Waals surface area contributed by atoms with E-state index in [4.69, 9.17) is 27.5 Å². The summed E-state index contributed by atoms with van der Waals surface area (Å²) in [5, 5.41) is 8.73. The van der Waals surface area contributed by atoms with Gasteiger partial charge in [0.25, 0.3) is 9.05 Å². The van der Waals surface area contributed by atoms with Crippen molar-refractivity contribution in [3.63, 3.8) is 0 Å². The molecule has 0 radical (unpaired) electrons. The Kier molecular flexibility index (Phi) is 4.15. The van der Waals surface area contributed by atoms with Gasteiger partial charge in [0, 0.05) is 16.6 Å². The van der Waals surface area contributed by atoms with E-state index in [0.29, 0.717) is 0 Å². The summed E-state index contributed by atoms with van der Waals surface area (Å²) in [7, 11) is 0.534. The summed E-state index contributed by atoms with van der Waals surface area (Å²) in [6.07, 6.45) is -4.90. The first-order valence-corrected chi connectivity index (χ1v) is 7.11. The van der Waals surface area contributed by atoms with Crippen LogP contribution in [0.2, 0.25) is 0 Å². The highest BCUT2D eigenvalue weighted by atomic mass is 35.7. The van der Waals surface area contributed by atoms with Crippen LogP contribution in [0.5, 0.6) is 0 Å². The molecule has 1 rings (SSSR count). The van der Waals surface area contributed by atoms with Crippen molar-refractivity contribution in [3.05, 3.63) is 28.8 Å². The predicted molar refractivity (Wildman–Crippen MR) is 58.8 cm³/mol. The Bertz CT molecular complexity index is 620. The minimum absolute atomic E-state index is 0.384. The van der Waals surface area contributed by atoms with E-state index < -0.39 is 37.1 Å². The Hall–Kier alpha value is -0.970. The molecular formula is C9H4Cl2F3NO2S. The average molecular weight is 318 g/mol. The molecule has 0 heterocycles. The molecular weight excluding hydrogens is 314 g/mol. The van der Waals surface area contributed by atoms with Gasteiger partial charge in [-0.3, -0.25) is 0 Å². The van der Waals surface area contributed by atoms with Gasteiger partial charge in [-0.1, -0.05) is 6.07 Å². The smallest absolute Gasteiger partial charge is 0.207 e. The summed E-state index contributed by atoms with van der Waals surface area (Å²) in [4.78, 5) is -0.882. The molecule has 3 nitrogen and oxygen atoms in total. The van der Waals surface area contributed by atoms with Crippen molar-refractivity contribution in [2.75, 3.05) is 0 Å². The Labute approximate surface area is 110 Å². The lowest BCUT2D eigenvalue weighted by atomic mass is 10.0. The summed E-state index contributed by atoms with van der Waals surface area (Å²) < 4.78 is 60.6. The maximum Gasteiger partial charge on any atom is 0.418 e. The number of rotatable bonds is 2. The number of nitrogens with zero attached hydrogens (tertiary/aromatic N) is 1. The molecule has 0 aromatic heterocycles. The highest BCUT2D eigenvalue weighted by molar-refractivity contribution is 8.13. The van der Waals surface area contributed by atoms with Crippen molar-refractivity contribution in [1.29, 1.82) is 5.26 Å². The lowest BCUT2D eigenvalue weighted by molar-refractivity contribution is -0.138. The molecule has 0 amide bonds. The number of halogens is 5. The van der Waals surface area contributed by atoms with E-state index >= 15 is 0 Å². The fraction of sp³-hybridized carbons (Fsp3) is 0.222. The Morgan fingerprint density at radius 3 is 2.22 bits per heavy atom. The van der Waals surface area contributed by atoms with Crippen LogP contribution in [-0.2, 0) is 21.1 Å². The molecule has 0 spiro atoms. The Morgan fingerprint density at radius 1 is 1.33 bits per heavy atom. The maximum atomic E-state index is 12.8. The van der Waals surface area contributed by atoms with Gasteiger partial charge in [0.15, 0.2) is 0 Å². The van der Waals surface area contributed by atoms with Gasteiger partial charge < -0.3 is 0 Å². The van der Waals surface area contributed by atoms with Crippen LogP contribution in [0.3, 0.4) is 0 Å². The first kappa shape index (κ1) is 15.1. The van der Waals surface area contributed by atoms with E-state index in [9.17, 15) is 21.6 Å². The molecule has 0 fully saturated rings. The molecule has 0 N–H and O–H groups in total. The quantitative estimate of drug-likeness (QED) is 0.621. The molecule has 0 aliphatic heterocycles. The second kappa shape index (κ2) is 4.96. The van der Waals surface area contributed by atoms with E-state index in [-0.39, 0.29) is 5.56 Å². The van der Waals surface area contributed by atoms with Crippen LogP contribution in [0.1, 0.15) is 16.7 Å². The summed E-state index contributed by atoms with van der Waals surface area (Å²) >= 11 is 5.34. The van der Waals surface area contributed by atoms with E-state index in [1.807, 2.05) is 0 Å². The largest absolute Gasteiger partial charge is 0.418 e. The van der Waals surface area contributed by atoms with E-state index in [1.54, 1.807) is 0 Å². The lowest BCUT2D eigenvalue weighted by Gasteiger charge is -2.14. The normalized spacial score (nSPS) is 12.2. The zero-order valence-corrected chi connectivity index (χ0v) is 10.8. The summed E-state index contributed by atoms with van der Waals surface area (Å²) in [5.74, 6) is -0.508. The standard InChI is InChI=1S/C9H4Cl2F3NO2S/c10-3-5-1-2-7(18(11,16)17)6(4-15)8(5)9(12,13)14/h1-2H,3H2. The molecule has 0 aliphatic rings. The van der Waals surface area contributed by atoms with Crippen molar-refractivity contribution in [2.45, 2.75) is 17.0 Å². The zero-order valence-electron chi connectivity index (χ0n) is 8.42. The fourth-order valence-corrected chi connectivity index (χ4v) is 2.61. The zero-order chi connectivity index (χ0) is 14.1. The van der Waals surface area contributed by atoms with Crippen molar-refractivity contribution >= 4 is 31.3 Å². The number of hydrogen-bond acceptors (Lipinski definition) is 3. The van der Waals surface area contributed by atoms with Crippen LogP contribution < -0.4 is 0 Å². The Morgan fingerprint density at radius 2 is 1.89 bits per heavy atom. The molecule has 0 saturated carbocycles. The number of alkyl halides is 4. The third-order valence-electron chi connectivity index (χ3n) is 2.06. The topological polar surface area (TPSA) is 57.9 Å². The van der Waals surface area contributed by atoms with Gasteiger partial charge in [0.05, 0.1) is 11.1 Å². The van der Waals surface area contributed by atoms with E-state index in [0.717, 1.165) is 12.1 Å². The minimum Gasteiger partial charge on any atom is -0.207 e. The first-order valence-electron chi connectivity index (χ1n) is 4.26. The van der Waals surface area contributed by atoms with Crippen molar-refractivity contribution < 1.29 is 21.6 Å². The molecule has 1 aromatic carbocycles. The summed E-state index contributed by atoms with van der Waals surface area (Å²) in [5.41, 5.74) is -2.80. The molecule has 0 saturated heterocycles. The van der Waals surface area contributed by atoms with E-state index in [2.05, 4.69) is 0 Å². The number of nitriles is 1. The van der Waals surface area contributed by atoms with Crippen molar-refractivity contribution in [2.24, 2.45) is 0 Å². The number of hydrogen-bond donors (Lipinski definition) is 0. The van der Waals surface area contributed by atoms with Gasteiger partial charge in [-0.25, -0.2) is 8.42 Å². The molecule has 0 atom stereocenters. The van der Waals surface area contributed by atoms with Crippen LogP contribution in [0.15, 0.2) is 17.0 Å². The third-order valence-corrected chi connectivity index (χ3v) is 3.71. The molecule has 18 heavy (non-hydrogen) atoms. The molecule has 1 aromatic rings. The molecule has 9 heteroatoms. The van der Waals surface area contributed by atoms with Gasteiger partial charge in [-0.2, -0.15) is 18.4 Å². The van der Waals surface area contributed by atoms with Crippen molar-refractivity contribution in [1.82, 2.24) is 0 Å². The SMILES string of the molecule is N#Cc1c(S(=O)(=O)Cl)ccc(CCl)c1C(F)(F)F. The minimum atomic E-state index is -4.90. The van der Waals surface area contributed by atoms with Crippen LogP contribution in [0.25, 0.3) is 0 Å². The molecule has 0 aliphatic carbocycles. The second-order valence-corrected chi connectivity index (χ2v) is 5.96. The van der Waals surface area contributed by atoms with Gasteiger partial charge in [0.1, 0.15) is 11.0 Å². The monoisotopic (exact) mass is 317 g/mol. The maximum absolute atomic E-state index is 12.8. The van der Waals surface area contributed by atoms with Crippen molar-refractivity contribution in [3.8, 4) is 6.07 Å². The van der Waals surface area contributed by atoms with Gasteiger partial charge in [0.2, 0.25) is 0 Å². The first-order chi connectivity index (χ1) is 8.12. The molecule has 0 unspecified atom stereocenters. The van der Waals surface area contributed by atoms with Gasteiger partial charge in [-0.15, -0.1) is 11.6 Å². The summed E-state index contributed by atoms with van der Waals surface area (Å²) in [6, 6.07) is 2.92. The van der Waals surface area contributed by atoms with Crippen LogP contribution in [-0.4, -0.2) is 8.42 Å². The highest BCUT2D eigenvalue weighted by Gasteiger charge is 2.38.